The van der Waals surface area contributed by atoms with Crippen molar-refractivity contribution < 1.29 is 4.79 Å². The summed E-state index contributed by atoms with van der Waals surface area (Å²) < 4.78 is 0. The first-order valence-corrected chi connectivity index (χ1v) is 10.1. The van der Waals surface area contributed by atoms with Gasteiger partial charge in [-0.25, -0.2) is 0 Å². The summed E-state index contributed by atoms with van der Waals surface area (Å²) in [5.41, 5.74) is 2.65. The van der Waals surface area contributed by atoms with E-state index in [1.54, 1.807) is 0 Å². The fourth-order valence-corrected chi connectivity index (χ4v) is 9.09. The Balaban J connectivity index is 2.13. The molecule has 0 N–H and O–H groups in total. The largest absolute Gasteiger partial charge is 0.303 e. The molecule has 0 aromatic heterocycles. The molecule has 3 rings (SSSR count). The van der Waals surface area contributed by atoms with Crippen LogP contribution in [-0.4, -0.2) is 16.6 Å². The summed E-state index contributed by atoms with van der Waals surface area (Å²) >= 11 is 0. The van der Waals surface area contributed by atoms with Crippen LogP contribution in [0, 0.1) is 5.92 Å². The molecule has 0 saturated carbocycles. The van der Waals surface area contributed by atoms with Gasteiger partial charge in [-0.15, -0.1) is 0 Å². The van der Waals surface area contributed by atoms with Crippen LogP contribution in [0.1, 0.15) is 40.5 Å². The summed E-state index contributed by atoms with van der Waals surface area (Å²) in [5.74, 6) is 0.192. The van der Waals surface area contributed by atoms with E-state index in [4.69, 9.17) is 0 Å². The second-order valence-electron chi connectivity index (χ2n) is 8.15. The lowest BCUT2D eigenvalue weighted by Gasteiger charge is -2.52. The predicted molar refractivity (Wildman–Crippen MR) is 105 cm³/mol. The van der Waals surface area contributed by atoms with Gasteiger partial charge in [0.1, 0.15) is 6.29 Å². The normalized spacial score (nSPS) is 25.2. The lowest BCUT2D eigenvalue weighted by Crippen LogP contribution is -2.43. The molecule has 2 aromatic carbocycles. The third-order valence-electron chi connectivity index (χ3n) is 5.16. The lowest BCUT2D eigenvalue weighted by molar-refractivity contribution is -0.112. The Hall–Kier alpha value is -1.46. The summed E-state index contributed by atoms with van der Waals surface area (Å²) in [7, 11) is -0.389. The maximum atomic E-state index is 11.5. The highest BCUT2D eigenvalue weighted by Gasteiger charge is 2.48. The minimum atomic E-state index is -0.389. The maximum Gasteiger partial charge on any atom is 0.123 e. The highest BCUT2D eigenvalue weighted by atomic mass is 31.1. The zero-order chi connectivity index (χ0) is 17.4. The van der Waals surface area contributed by atoms with Crippen LogP contribution in [0.25, 0.3) is 11.1 Å². The van der Waals surface area contributed by atoms with Gasteiger partial charge in [0.15, 0.2) is 0 Å². The average molecular weight is 338 g/mol. The van der Waals surface area contributed by atoms with Gasteiger partial charge >= 0.3 is 0 Å². The Labute approximate surface area is 147 Å². The van der Waals surface area contributed by atoms with Crippen molar-refractivity contribution in [2.24, 2.45) is 5.92 Å². The molecule has 24 heavy (non-hydrogen) atoms. The number of carbonyl (C=O) groups excluding carboxylic acids is 1. The van der Waals surface area contributed by atoms with E-state index >= 15 is 0 Å². The second kappa shape index (κ2) is 6.45. The van der Waals surface area contributed by atoms with Gasteiger partial charge in [0, 0.05) is 5.92 Å². The Bertz CT molecular complexity index is 700. The zero-order valence-corrected chi connectivity index (χ0v) is 16.0. The molecular formula is C22H27OP. The average Bonchev–Trinajstić information content (AvgIpc) is 2.54. The Morgan fingerprint density at radius 2 is 1.42 bits per heavy atom. The predicted octanol–water partition coefficient (Wildman–Crippen LogP) is 5.63. The molecule has 0 amide bonds. The third-order valence-corrected chi connectivity index (χ3v) is 8.81. The van der Waals surface area contributed by atoms with Crippen LogP contribution in [0.3, 0.4) is 0 Å². The van der Waals surface area contributed by atoms with E-state index in [9.17, 15) is 4.79 Å². The van der Waals surface area contributed by atoms with E-state index in [0.717, 1.165) is 12.8 Å². The molecule has 1 heterocycles. The number of hydrogen-bond acceptors (Lipinski definition) is 1. The van der Waals surface area contributed by atoms with E-state index in [2.05, 4.69) is 82.3 Å². The highest BCUT2D eigenvalue weighted by Crippen LogP contribution is 2.66. The summed E-state index contributed by atoms with van der Waals surface area (Å²) in [6.07, 6.45) is 3.17. The van der Waals surface area contributed by atoms with Crippen molar-refractivity contribution in [2.45, 2.75) is 50.8 Å². The molecule has 0 unspecified atom stereocenters. The minimum absolute atomic E-state index is 0.160. The second-order valence-corrected chi connectivity index (χ2v) is 11.7. The first-order valence-electron chi connectivity index (χ1n) is 8.75. The van der Waals surface area contributed by atoms with Crippen LogP contribution >= 0.6 is 7.92 Å². The van der Waals surface area contributed by atoms with Crippen LogP contribution in [0.2, 0.25) is 0 Å². The van der Waals surface area contributed by atoms with Crippen LogP contribution in [-0.2, 0) is 4.79 Å². The molecule has 2 heteroatoms. The summed E-state index contributed by atoms with van der Waals surface area (Å²) in [6, 6.07) is 19.6. The number of benzene rings is 2. The van der Waals surface area contributed by atoms with E-state index in [1.165, 1.54) is 22.7 Å². The smallest absolute Gasteiger partial charge is 0.123 e. The van der Waals surface area contributed by atoms with Crippen LogP contribution < -0.4 is 5.30 Å². The van der Waals surface area contributed by atoms with E-state index in [0.29, 0.717) is 0 Å². The van der Waals surface area contributed by atoms with Crippen molar-refractivity contribution in [3.63, 3.8) is 0 Å². The topological polar surface area (TPSA) is 17.1 Å². The van der Waals surface area contributed by atoms with Gasteiger partial charge in [0.2, 0.25) is 0 Å². The first kappa shape index (κ1) is 17.4. The Morgan fingerprint density at radius 1 is 0.875 bits per heavy atom. The van der Waals surface area contributed by atoms with Gasteiger partial charge in [0.25, 0.3) is 0 Å². The molecular weight excluding hydrogens is 311 g/mol. The summed E-state index contributed by atoms with van der Waals surface area (Å²) in [4.78, 5) is 11.5. The molecule has 0 atom stereocenters. The van der Waals surface area contributed by atoms with E-state index < -0.39 is 0 Å². The van der Waals surface area contributed by atoms with Gasteiger partial charge in [-0.2, -0.15) is 0 Å². The maximum absolute atomic E-state index is 11.5. The molecule has 0 bridgehead atoms. The van der Waals surface area contributed by atoms with Crippen molar-refractivity contribution in [1.82, 2.24) is 0 Å². The van der Waals surface area contributed by atoms with Crippen molar-refractivity contribution in [3.8, 4) is 11.1 Å². The molecule has 2 aromatic rings. The molecule has 1 fully saturated rings. The molecule has 0 radical (unpaired) electrons. The molecule has 0 aliphatic carbocycles. The molecule has 1 aliphatic rings. The molecule has 0 spiro atoms. The quantitative estimate of drug-likeness (QED) is 0.524. The van der Waals surface area contributed by atoms with Crippen molar-refractivity contribution in [3.05, 3.63) is 54.6 Å². The number of carbonyl (C=O) groups is 1. The number of aldehydes is 1. The van der Waals surface area contributed by atoms with Crippen LogP contribution in [0.15, 0.2) is 54.6 Å². The molecule has 126 valence electrons. The fraction of sp³-hybridized carbons (Fsp3) is 0.409. The monoisotopic (exact) mass is 338 g/mol. The Morgan fingerprint density at radius 3 is 2.00 bits per heavy atom. The van der Waals surface area contributed by atoms with Crippen molar-refractivity contribution in [2.75, 3.05) is 0 Å². The first-order chi connectivity index (χ1) is 11.3. The van der Waals surface area contributed by atoms with Crippen LogP contribution in [0.4, 0.5) is 0 Å². The van der Waals surface area contributed by atoms with Crippen molar-refractivity contribution in [1.29, 1.82) is 0 Å². The highest BCUT2D eigenvalue weighted by molar-refractivity contribution is 7.69. The number of rotatable bonds is 3. The van der Waals surface area contributed by atoms with Crippen molar-refractivity contribution >= 4 is 19.5 Å². The van der Waals surface area contributed by atoms with Gasteiger partial charge in [-0.3, -0.25) is 0 Å². The van der Waals surface area contributed by atoms with Crippen LogP contribution in [0.5, 0.6) is 0 Å². The van der Waals surface area contributed by atoms with Gasteiger partial charge in [0.05, 0.1) is 0 Å². The van der Waals surface area contributed by atoms with E-state index in [-0.39, 0.29) is 24.2 Å². The molecule has 1 saturated heterocycles. The summed E-state index contributed by atoms with van der Waals surface area (Å²) in [5, 5.41) is 1.80. The molecule has 1 aliphatic heterocycles. The fourth-order valence-electron chi connectivity index (χ4n) is 4.64. The third kappa shape index (κ3) is 3.20. The van der Waals surface area contributed by atoms with Gasteiger partial charge < -0.3 is 4.79 Å². The zero-order valence-electron chi connectivity index (χ0n) is 15.1. The van der Waals surface area contributed by atoms with Gasteiger partial charge in [-0.05, 0) is 39.6 Å². The SMILES string of the molecule is CC1(C)CC(C=O)CC(C)(C)P1c1ccccc1-c1ccccc1. The lowest BCUT2D eigenvalue weighted by atomic mass is 9.88. The Kier molecular flexibility index (Phi) is 4.67. The van der Waals surface area contributed by atoms with E-state index in [1.807, 2.05) is 0 Å². The molecule has 1 nitrogen and oxygen atoms in total. The standard InChI is InChI=1S/C22H27OP/c1-21(2)14-17(16-23)15-22(3,4)24(21)20-13-9-8-12-19(20)18-10-6-5-7-11-18/h5-13,16-17H,14-15H2,1-4H3. The summed E-state index contributed by atoms with van der Waals surface area (Å²) in [6.45, 7) is 9.44. The van der Waals surface area contributed by atoms with Gasteiger partial charge in [-0.1, -0.05) is 90.2 Å². The number of hydrogen-bond donors (Lipinski definition) is 0. The minimum Gasteiger partial charge on any atom is -0.303 e.